The highest BCUT2D eigenvalue weighted by atomic mass is 35.5. The molecule has 0 saturated carbocycles. The standard InChI is InChI=1S/C20H18ClN7O3/c1-11-8-14(9-23-20-19(21)12(2)24-13(3)25-20)4-5-15(11)31-17-7-6-16-22-10-18(28(29)30)27(16)26-17/h4-8,10H,9H2,1-3H3,(H,23,24,25). The first-order chi connectivity index (χ1) is 14.8. The van der Waals surface area contributed by atoms with E-state index < -0.39 is 4.92 Å². The molecule has 0 aliphatic heterocycles. The molecule has 4 rings (SSSR count). The number of halogens is 1. The summed E-state index contributed by atoms with van der Waals surface area (Å²) in [7, 11) is 0. The molecular weight excluding hydrogens is 422 g/mol. The Labute approximate surface area is 182 Å². The SMILES string of the molecule is Cc1nc(C)c(Cl)c(NCc2ccc(Oc3ccc4ncc([N+](=O)[O-])n4n3)c(C)c2)n1. The summed E-state index contributed by atoms with van der Waals surface area (Å²) in [6.45, 7) is 6.07. The number of nitrogens with one attached hydrogen (secondary N) is 1. The van der Waals surface area contributed by atoms with Gasteiger partial charge in [0.1, 0.15) is 28.6 Å². The summed E-state index contributed by atoms with van der Waals surface area (Å²) in [6, 6.07) is 8.91. The minimum absolute atomic E-state index is 0.223. The molecule has 0 atom stereocenters. The van der Waals surface area contributed by atoms with Gasteiger partial charge in [0.05, 0.1) is 5.69 Å². The van der Waals surface area contributed by atoms with Gasteiger partial charge in [-0.1, -0.05) is 28.2 Å². The first kappa shape index (κ1) is 20.5. The van der Waals surface area contributed by atoms with Crippen molar-refractivity contribution in [1.82, 2.24) is 24.6 Å². The van der Waals surface area contributed by atoms with Gasteiger partial charge in [-0.3, -0.25) is 0 Å². The molecule has 0 aliphatic carbocycles. The van der Waals surface area contributed by atoms with Crippen LogP contribution in [0.5, 0.6) is 11.6 Å². The molecule has 0 bridgehead atoms. The molecule has 11 heteroatoms. The molecule has 1 N–H and O–H groups in total. The molecular formula is C20H18ClN7O3. The molecule has 0 saturated heterocycles. The molecule has 4 aromatic rings. The van der Waals surface area contributed by atoms with Gasteiger partial charge in [-0.05, 0) is 48.0 Å². The number of ether oxygens (including phenoxy) is 1. The van der Waals surface area contributed by atoms with Crippen molar-refractivity contribution in [2.24, 2.45) is 0 Å². The van der Waals surface area contributed by atoms with E-state index in [2.05, 4.69) is 25.4 Å². The molecule has 0 spiro atoms. The lowest BCUT2D eigenvalue weighted by atomic mass is 10.1. The molecule has 0 amide bonds. The molecule has 1 aromatic carbocycles. The fourth-order valence-corrected chi connectivity index (χ4v) is 3.23. The lowest BCUT2D eigenvalue weighted by molar-refractivity contribution is -0.391. The van der Waals surface area contributed by atoms with Crippen LogP contribution in [0, 0.1) is 30.9 Å². The van der Waals surface area contributed by atoms with Gasteiger partial charge in [0.15, 0.2) is 0 Å². The summed E-state index contributed by atoms with van der Waals surface area (Å²) < 4.78 is 6.98. The van der Waals surface area contributed by atoms with Crippen molar-refractivity contribution < 1.29 is 9.66 Å². The average molecular weight is 440 g/mol. The van der Waals surface area contributed by atoms with E-state index in [-0.39, 0.29) is 11.7 Å². The number of nitro groups is 1. The Balaban J connectivity index is 1.51. The van der Waals surface area contributed by atoms with Gasteiger partial charge in [0, 0.05) is 18.7 Å². The van der Waals surface area contributed by atoms with E-state index in [0.29, 0.717) is 34.6 Å². The molecule has 0 unspecified atom stereocenters. The number of aromatic nitrogens is 5. The van der Waals surface area contributed by atoms with E-state index in [0.717, 1.165) is 27.5 Å². The number of rotatable bonds is 6. The Morgan fingerprint density at radius 3 is 2.74 bits per heavy atom. The lowest BCUT2D eigenvalue weighted by Gasteiger charge is -2.12. The Morgan fingerprint density at radius 1 is 1.19 bits per heavy atom. The molecule has 0 fully saturated rings. The summed E-state index contributed by atoms with van der Waals surface area (Å²) in [5, 5.41) is 19.0. The topological polar surface area (TPSA) is 120 Å². The Kier molecular flexibility index (Phi) is 5.38. The smallest absolute Gasteiger partial charge is 0.368 e. The Morgan fingerprint density at radius 2 is 2.00 bits per heavy atom. The number of imidazole rings is 1. The van der Waals surface area contributed by atoms with Crippen molar-refractivity contribution in [1.29, 1.82) is 0 Å². The highest BCUT2D eigenvalue weighted by Gasteiger charge is 2.17. The lowest BCUT2D eigenvalue weighted by Crippen LogP contribution is -2.06. The average Bonchev–Trinajstić information content (AvgIpc) is 3.15. The van der Waals surface area contributed by atoms with Crippen LogP contribution in [0.3, 0.4) is 0 Å². The number of aryl methyl sites for hydroxylation is 3. The van der Waals surface area contributed by atoms with Crippen LogP contribution in [-0.2, 0) is 6.54 Å². The maximum atomic E-state index is 11.1. The fourth-order valence-electron chi connectivity index (χ4n) is 3.07. The number of hydrogen-bond acceptors (Lipinski definition) is 8. The molecule has 0 radical (unpaired) electrons. The number of fused-ring (bicyclic) bond motifs is 1. The van der Waals surface area contributed by atoms with Gasteiger partial charge in [-0.25, -0.2) is 15.0 Å². The van der Waals surface area contributed by atoms with E-state index in [1.807, 2.05) is 39.0 Å². The zero-order valence-electron chi connectivity index (χ0n) is 17.0. The second-order valence-electron chi connectivity index (χ2n) is 6.89. The molecule has 3 aromatic heterocycles. The van der Waals surface area contributed by atoms with Crippen molar-refractivity contribution in [3.63, 3.8) is 0 Å². The second kappa shape index (κ2) is 8.15. The number of benzene rings is 1. The van der Waals surface area contributed by atoms with Crippen molar-refractivity contribution in [2.75, 3.05) is 5.32 Å². The van der Waals surface area contributed by atoms with Crippen molar-refractivity contribution >= 4 is 28.9 Å². The molecule has 31 heavy (non-hydrogen) atoms. The summed E-state index contributed by atoms with van der Waals surface area (Å²) in [5.74, 6) is 1.81. The van der Waals surface area contributed by atoms with E-state index in [4.69, 9.17) is 16.3 Å². The fraction of sp³-hybridized carbons (Fsp3) is 0.200. The summed E-state index contributed by atoms with van der Waals surface area (Å²) in [5.41, 5.74) is 2.97. The molecule has 3 heterocycles. The van der Waals surface area contributed by atoms with Crippen LogP contribution in [0.1, 0.15) is 22.6 Å². The monoisotopic (exact) mass is 439 g/mol. The van der Waals surface area contributed by atoms with E-state index in [1.54, 1.807) is 12.1 Å². The highest BCUT2D eigenvalue weighted by Crippen LogP contribution is 2.27. The zero-order valence-corrected chi connectivity index (χ0v) is 17.7. The van der Waals surface area contributed by atoms with Gasteiger partial charge < -0.3 is 20.2 Å². The second-order valence-corrected chi connectivity index (χ2v) is 7.27. The number of anilines is 1. The zero-order chi connectivity index (χ0) is 22.1. The van der Waals surface area contributed by atoms with Crippen molar-refractivity contribution in [2.45, 2.75) is 27.3 Å². The predicted molar refractivity (Wildman–Crippen MR) is 115 cm³/mol. The number of hydrogen-bond donors (Lipinski definition) is 1. The van der Waals surface area contributed by atoms with Gasteiger partial charge in [-0.15, -0.1) is 0 Å². The van der Waals surface area contributed by atoms with Crippen LogP contribution in [0.4, 0.5) is 11.6 Å². The first-order valence-corrected chi connectivity index (χ1v) is 9.71. The first-order valence-electron chi connectivity index (χ1n) is 9.33. The summed E-state index contributed by atoms with van der Waals surface area (Å²) >= 11 is 6.28. The third kappa shape index (κ3) is 4.24. The van der Waals surface area contributed by atoms with E-state index >= 15 is 0 Å². The van der Waals surface area contributed by atoms with Crippen LogP contribution >= 0.6 is 11.6 Å². The minimum atomic E-state index is -0.545. The van der Waals surface area contributed by atoms with Crippen LogP contribution in [0.2, 0.25) is 5.02 Å². The maximum Gasteiger partial charge on any atom is 0.368 e. The Hall–Kier alpha value is -3.79. The summed E-state index contributed by atoms with van der Waals surface area (Å²) in [4.78, 5) is 23.1. The van der Waals surface area contributed by atoms with Crippen molar-refractivity contribution in [3.05, 3.63) is 74.3 Å². The van der Waals surface area contributed by atoms with E-state index in [1.165, 1.54) is 0 Å². The highest BCUT2D eigenvalue weighted by molar-refractivity contribution is 6.33. The van der Waals surface area contributed by atoms with Gasteiger partial charge in [0.25, 0.3) is 5.88 Å². The van der Waals surface area contributed by atoms with Gasteiger partial charge in [-0.2, -0.15) is 0 Å². The van der Waals surface area contributed by atoms with E-state index in [9.17, 15) is 10.1 Å². The summed E-state index contributed by atoms with van der Waals surface area (Å²) in [6.07, 6.45) is 1.16. The largest absolute Gasteiger partial charge is 0.436 e. The van der Waals surface area contributed by atoms with Crippen LogP contribution in [0.25, 0.3) is 5.65 Å². The normalized spacial score (nSPS) is 11.0. The molecule has 158 valence electrons. The van der Waals surface area contributed by atoms with Crippen LogP contribution in [-0.4, -0.2) is 29.5 Å². The molecule has 10 nitrogen and oxygen atoms in total. The number of nitrogens with zero attached hydrogens (tertiary/aromatic N) is 6. The third-order valence-electron chi connectivity index (χ3n) is 4.55. The third-order valence-corrected chi connectivity index (χ3v) is 5.00. The van der Waals surface area contributed by atoms with Gasteiger partial charge >= 0.3 is 5.82 Å². The van der Waals surface area contributed by atoms with Crippen molar-refractivity contribution in [3.8, 4) is 11.6 Å². The minimum Gasteiger partial charge on any atom is -0.436 e. The maximum absolute atomic E-state index is 11.1. The quantitative estimate of drug-likeness (QED) is 0.346. The predicted octanol–water partition coefficient (Wildman–Crippen LogP) is 4.41. The molecule has 0 aliphatic rings. The Bertz CT molecular complexity index is 1310. The van der Waals surface area contributed by atoms with Crippen LogP contribution in [0.15, 0.2) is 36.5 Å². The van der Waals surface area contributed by atoms with Gasteiger partial charge in [0.2, 0.25) is 5.65 Å². The van der Waals surface area contributed by atoms with Crippen LogP contribution < -0.4 is 10.1 Å².